The van der Waals surface area contributed by atoms with Gasteiger partial charge in [0.05, 0.1) is 33.0 Å². The number of nitrogens with one attached hydrogen (secondary N) is 1. The van der Waals surface area contributed by atoms with Crippen molar-refractivity contribution in [1.29, 1.82) is 0 Å². The molecule has 26 heavy (non-hydrogen) atoms. The average Bonchev–Trinajstić information content (AvgIpc) is 3.09. The SMILES string of the molecule is CN=C(NCC(C)(C)N1CCOCC1)N1CCC(COCCOC)C1.I. The Balaban J connectivity index is 0.00000338. The fourth-order valence-electron chi connectivity index (χ4n) is 3.46. The molecule has 2 rings (SSSR count). The molecule has 2 fully saturated rings. The van der Waals surface area contributed by atoms with Gasteiger partial charge in [0.2, 0.25) is 0 Å². The van der Waals surface area contributed by atoms with Crippen LogP contribution in [-0.4, -0.2) is 101 Å². The molecule has 154 valence electrons. The molecule has 0 aromatic rings. The predicted octanol–water partition coefficient (Wildman–Crippen LogP) is 1.28. The Morgan fingerprint density at radius 1 is 1.23 bits per heavy atom. The van der Waals surface area contributed by atoms with Gasteiger partial charge in [-0.05, 0) is 20.3 Å². The third-order valence-electron chi connectivity index (χ3n) is 5.13. The van der Waals surface area contributed by atoms with E-state index in [0.717, 1.165) is 64.9 Å². The number of guanidine groups is 1. The number of hydrogen-bond donors (Lipinski definition) is 1. The molecule has 2 aliphatic rings. The Labute approximate surface area is 175 Å². The van der Waals surface area contributed by atoms with E-state index >= 15 is 0 Å². The lowest BCUT2D eigenvalue weighted by molar-refractivity contribution is -0.00847. The number of ether oxygens (including phenoxy) is 3. The lowest BCUT2D eigenvalue weighted by atomic mass is 10.0. The molecule has 2 aliphatic heterocycles. The van der Waals surface area contributed by atoms with Crippen LogP contribution in [0.5, 0.6) is 0 Å². The fourth-order valence-corrected chi connectivity index (χ4v) is 3.46. The molecule has 1 N–H and O–H groups in total. The Kier molecular flexibility index (Phi) is 11.3. The zero-order valence-corrected chi connectivity index (χ0v) is 19.2. The number of methoxy groups -OCH3 is 1. The molecule has 0 aliphatic carbocycles. The highest BCUT2D eigenvalue weighted by molar-refractivity contribution is 14.0. The van der Waals surface area contributed by atoms with Gasteiger partial charge in [-0.1, -0.05) is 0 Å². The van der Waals surface area contributed by atoms with Gasteiger partial charge in [-0.2, -0.15) is 0 Å². The van der Waals surface area contributed by atoms with Gasteiger partial charge < -0.3 is 24.4 Å². The smallest absolute Gasteiger partial charge is 0.193 e. The van der Waals surface area contributed by atoms with Gasteiger partial charge >= 0.3 is 0 Å². The molecule has 0 bridgehead atoms. The third kappa shape index (κ3) is 7.46. The van der Waals surface area contributed by atoms with Crippen molar-refractivity contribution in [3.05, 3.63) is 0 Å². The minimum absolute atomic E-state index is 0. The zero-order chi connectivity index (χ0) is 18.1. The lowest BCUT2D eigenvalue weighted by Crippen LogP contribution is -2.56. The van der Waals surface area contributed by atoms with Crippen molar-refractivity contribution in [2.24, 2.45) is 10.9 Å². The van der Waals surface area contributed by atoms with E-state index in [1.165, 1.54) is 0 Å². The Morgan fingerprint density at radius 2 is 1.96 bits per heavy atom. The summed E-state index contributed by atoms with van der Waals surface area (Å²) in [7, 11) is 3.57. The normalized spacial score (nSPS) is 22.4. The van der Waals surface area contributed by atoms with Crippen LogP contribution in [0.4, 0.5) is 0 Å². The number of morpholine rings is 1. The molecule has 1 unspecified atom stereocenters. The quantitative estimate of drug-likeness (QED) is 0.243. The largest absolute Gasteiger partial charge is 0.382 e. The molecule has 0 amide bonds. The number of hydrogen-bond acceptors (Lipinski definition) is 5. The first-order valence-corrected chi connectivity index (χ1v) is 9.42. The predicted molar refractivity (Wildman–Crippen MR) is 116 cm³/mol. The Morgan fingerprint density at radius 3 is 2.62 bits per heavy atom. The van der Waals surface area contributed by atoms with Crippen molar-refractivity contribution in [3.8, 4) is 0 Å². The molecular formula is C18H37IN4O3. The first-order chi connectivity index (χ1) is 12.1. The molecule has 8 heteroatoms. The van der Waals surface area contributed by atoms with E-state index in [1.807, 2.05) is 7.05 Å². The summed E-state index contributed by atoms with van der Waals surface area (Å²) in [4.78, 5) is 9.33. The summed E-state index contributed by atoms with van der Waals surface area (Å²) in [6, 6.07) is 0. The summed E-state index contributed by atoms with van der Waals surface area (Å²) in [5, 5.41) is 3.58. The summed E-state index contributed by atoms with van der Waals surface area (Å²) in [6.07, 6.45) is 1.15. The van der Waals surface area contributed by atoms with Crippen LogP contribution in [0.15, 0.2) is 4.99 Å². The third-order valence-corrected chi connectivity index (χ3v) is 5.13. The topological polar surface area (TPSA) is 58.6 Å². The second-order valence-corrected chi connectivity index (χ2v) is 7.48. The molecule has 1 atom stereocenters. The van der Waals surface area contributed by atoms with Crippen LogP contribution >= 0.6 is 24.0 Å². The van der Waals surface area contributed by atoms with E-state index in [-0.39, 0.29) is 29.5 Å². The molecule has 7 nitrogen and oxygen atoms in total. The van der Waals surface area contributed by atoms with Crippen molar-refractivity contribution in [3.63, 3.8) is 0 Å². The van der Waals surface area contributed by atoms with Gasteiger partial charge in [-0.3, -0.25) is 9.89 Å². The number of nitrogens with zero attached hydrogens (tertiary/aromatic N) is 3. The first-order valence-electron chi connectivity index (χ1n) is 9.42. The highest BCUT2D eigenvalue weighted by atomic mass is 127. The van der Waals surface area contributed by atoms with Crippen LogP contribution in [0.25, 0.3) is 0 Å². The lowest BCUT2D eigenvalue weighted by Gasteiger charge is -2.41. The second-order valence-electron chi connectivity index (χ2n) is 7.48. The maximum absolute atomic E-state index is 5.68. The van der Waals surface area contributed by atoms with Crippen molar-refractivity contribution in [2.75, 3.05) is 79.9 Å². The monoisotopic (exact) mass is 484 g/mol. The molecule has 0 aromatic heterocycles. The van der Waals surface area contributed by atoms with Gasteiger partial charge in [-0.25, -0.2) is 0 Å². The van der Waals surface area contributed by atoms with E-state index in [4.69, 9.17) is 14.2 Å². The molecule has 0 aromatic carbocycles. The van der Waals surface area contributed by atoms with Crippen LogP contribution < -0.4 is 5.32 Å². The van der Waals surface area contributed by atoms with Crippen LogP contribution in [0.2, 0.25) is 0 Å². The van der Waals surface area contributed by atoms with E-state index in [1.54, 1.807) is 7.11 Å². The number of likely N-dealkylation sites (tertiary alicyclic amines) is 1. The highest BCUT2D eigenvalue weighted by Crippen LogP contribution is 2.18. The number of halogens is 1. The minimum atomic E-state index is 0. The summed E-state index contributed by atoms with van der Waals surface area (Å²) >= 11 is 0. The van der Waals surface area contributed by atoms with Gasteiger partial charge in [0.25, 0.3) is 0 Å². The van der Waals surface area contributed by atoms with Gasteiger partial charge in [0.1, 0.15) is 0 Å². The number of aliphatic imine (C=N–C) groups is 1. The van der Waals surface area contributed by atoms with E-state index < -0.39 is 0 Å². The van der Waals surface area contributed by atoms with Gasteiger partial charge in [-0.15, -0.1) is 24.0 Å². The average molecular weight is 484 g/mol. The van der Waals surface area contributed by atoms with E-state index in [9.17, 15) is 0 Å². The van der Waals surface area contributed by atoms with Crippen molar-refractivity contribution in [2.45, 2.75) is 25.8 Å². The molecular weight excluding hydrogens is 447 g/mol. The standard InChI is InChI=1S/C18H36N4O3.HI/c1-18(2,22-7-9-24-10-8-22)15-20-17(19-3)21-6-5-16(13-21)14-25-12-11-23-4;/h16H,5-15H2,1-4H3,(H,19,20);1H. The summed E-state index contributed by atoms with van der Waals surface area (Å²) < 4.78 is 16.2. The molecule has 0 spiro atoms. The fraction of sp³-hybridized carbons (Fsp3) is 0.944. The highest BCUT2D eigenvalue weighted by Gasteiger charge is 2.30. The Bertz CT molecular complexity index is 417. The van der Waals surface area contributed by atoms with Crippen molar-refractivity contribution in [1.82, 2.24) is 15.1 Å². The number of rotatable bonds is 8. The van der Waals surface area contributed by atoms with E-state index in [0.29, 0.717) is 19.1 Å². The minimum Gasteiger partial charge on any atom is -0.382 e. The van der Waals surface area contributed by atoms with Crippen LogP contribution in [0, 0.1) is 5.92 Å². The van der Waals surface area contributed by atoms with Crippen LogP contribution in [0.3, 0.4) is 0 Å². The first kappa shape index (κ1) is 23.9. The van der Waals surface area contributed by atoms with Crippen LogP contribution in [-0.2, 0) is 14.2 Å². The van der Waals surface area contributed by atoms with Gasteiger partial charge in [0, 0.05) is 58.3 Å². The maximum atomic E-state index is 5.68. The van der Waals surface area contributed by atoms with Crippen molar-refractivity contribution < 1.29 is 14.2 Å². The van der Waals surface area contributed by atoms with Crippen molar-refractivity contribution >= 4 is 29.9 Å². The van der Waals surface area contributed by atoms with Crippen LogP contribution in [0.1, 0.15) is 20.3 Å². The second kappa shape index (κ2) is 12.3. The zero-order valence-electron chi connectivity index (χ0n) is 16.8. The summed E-state index contributed by atoms with van der Waals surface area (Å²) in [6.45, 7) is 13.3. The molecule has 2 heterocycles. The summed E-state index contributed by atoms with van der Waals surface area (Å²) in [5.74, 6) is 1.57. The van der Waals surface area contributed by atoms with Gasteiger partial charge in [0.15, 0.2) is 5.96 Å². The summed E-state index contributed by atoms with van der Waals surface area (Å²) in [5.41, 5.74) is 0.0854. The molecule has 2 saturated heterocycles. The van der Waals surface area contributed by atoms with E-state index in [2.05, 4.69) is 34.0 Å². The molecule has 0 radical (unpaired) electrons. The Hall–Kier alpha value is -0.160. The maximum Gasteiger partial charge on any atom is 0.193 e. The molecule has 0 saturated carbocycles.